The highest BCUT2D eigenvalue weighted by Crippen LogP contribution is 2.46. The molecular formula is C23H21F8OSi. The highest BCUT2D eigenvalue weighted by atomic mass is 28.4. The van der Waals surface area contributed by atoms with Crippen LogP contribution in [-0.2, 0) is 0 Å². The molecule has 0 aromatic heterocycles. The van der Waals surface area contributed by atoms with Crippen molar-refractivity contribution in [2.24, 2.45) is 0 Å². The van der Waals surface area contributed by atoms with E-state index in [0.29, 0.717) is 0 Å². The molecule has 3 aromatic carbocycles. The third kappa shape index (κ3) is 3.48. The average molecular weight is 493 g/mol. The smallest absolute Gasteiger partial charge is 0.259 e. The number of rotatable bonds is 5. The zero-order valence-corrected chi connectivity index (χ0v) is 19.7. The van der Waals surface area contributed by atoms with Gasteiger partial charge in [0.25, 0.3) is 8.32 Å². The molecule has 33 heavy (non-hydrogen) atoms. The molecule has 0 saturated carbocycles. The van der Waals surface area contributed by atoms with Crippen LogP contribution in [-0.4, -0.2) is 8.32 Å². The predicted octanol–water partition coefficient (Wildman–Crippen LogP) is 8.46. The number of halogens is 8. The lowest BCUT2D eigenvalue weighted by molar-refractivity contribution is 0.398. The van der Waals surface area contributed by atoms with Gasteiger partial charge in [-0.2, -0.15) is 4.39 Å². The van der Waals surface area contributed by atoms with Gasteiger partial charge >= 0.3 is 0 Å². The zero-order valence-electron chi connectivity index (χ0n) is 18.7. The summed E-state index contributed by atoms with van der Waals surface area (Å²) < 4.78 is 123. The van der Waals surface area contributed by atoms with Crippen molar-refractivity contribution in [2.45, 2.75) is 58.2 Å². The minimum Gasteiger partial charge on any atom is -0.539 e. The molecule has 0 amide bonds. The van der Waals surface area contributed by atoms with Gasteiger partial charge in [-0.1, -0.05) is 41.5 Å². The Morgan fingerprint density at radius 3 is 1.48 bits per heavy atom. The van der Waals surface area contributed by atoms with E-state index in [1.807, 2.05) is 0 Å². The van der Waals surface area contributed by atoms with E-state index in [0.717, 1.165) is 0 Å². The van der Waals surface area contributed by atoms with Crippen LogP contribution in [0.5, 0.6) is 5.75 Å². The molecule has 0 saturated heterocycles. The molecule has 0 atom stereocenters. The van der Waals surface area contributed by atoms with E-state index < -0.39 is 82.1 Å². The standard InChI is InChI=1S/C23H21F8OSi/c1-8(2)33(9(3)4,10(5)6)32-23-21(30)15-14(20(29)22(23)31)16(25)11-7-12(24)17(26)19(28)13(11)18(15)27/h8-10H,1-6H3. The molecule has 0 aliphatic heterocycles. The zero-order chi connectivity index (χ0) is 25.2. The van der Waals surface area contributed by atoms with E-state index in [4.69, 9.17) is 4.43 Å². The first-order chi connectivity index (χ1) is 15.2. The van der Waals surface area contributed by atoms with E-state index in [1.54, 1.807) is 41.5 Å². The Morgan fingerprint density at radius 2 is 1.00 bits per heavy atom. The van der Waals surface area contributed by atoms with Crippen LogP contribution in [0.15, 0.2) is 0 Å². The van der Waals surface area contributed by atoms with Gasteiger partial charge in [0.1, 0.15) is 11.6 Å². The number of hydrogen-bond acceptors (Lipinski definition) is 1. The van der Waals surface area contributed by atoms with Gasteiger partial charge in [0.2, 0.25) is 5.82 Å². The maximum Gasteiger partial charge on any atom is 0.259 e. The summed E-state index contributed by atoms with van der Waals surface area (Å²) in [7, 11) is -3.11. The molecule has 179 valence electrons. The minimum atomic E-state index is -3.11. The molecule has 0 unspecified atom stereocenters. The summed E-state index contributed by atoms with van der Waals surface area (Å²) in [5.74, 6) is -17.1. The Bertz CT molecular complexity index is 1250. The van der Waals surface area contributed by atoms with Gasteiger partial charge in [0.05, 0.1) is 16.2 Å². The third-order valence-electron chi connectivity index (χ3n) is 6.23. The van der Waals surface area contributed by atoms with Gasteiger partial charge in [-0.25, -0.2) is 30.7 Å². The summed E-state index contributed by atoms with van der Waals surface area (Å²) in [6.45, 7) is 10.6. The Morgan fingerprint density at radius 1 is 0.545 bits per heavy atom. The maximum atomic E-state index is 15.5. The fourth-order valence-corrected chi connectivity index (χ4v) is 10.1. The van der Waals surface area contributed by atoms with Crippen molar-refractivity contribution in [3.8, 4) is 5.75 Å². The second kappa shape index (κ2) is 8.45. The normalized spacial score (nSPS) is 12.8. The van der Waals surface area contributed by atoms with Crippen LogP contribution in [0, 0.1) is 52.6 Å². The first-order valence-corrected chi connectivity index (χ1v) is 12.4. The van der Waals surface area contributed by atoms with Crippen LogP contribution in [0.3, 0.4) is 0 Å². The van der Waals surface area contributed by atoms with Gasteiger partial charge in [0, 0.05) is 11.5 Å². The average Bonchev–Trinajstić information content (AvgIpc) is 2.71. The molecule has 0 heterocycles. The van der Waals surface area contributed by atoms with Crippen molar-refractivity contribution in [2.75, 3.05) is 0 Å². The summed E-state index contributed by atoms with van der Waals surface area (Å²) >= 11 is 0. The van der Waals surface area contributed by atoms with Crippen molar-refractivity contribution in [1.29, 1.82) is 0 Å². The molecule has 0 aliphatic carbocycles. The van der Waals surface area contributed by atoms with Crippen molar-refractivity contribution in [3.63, 3.8) is 0 Å². The largest absolute Gasteiger partial charge is 0.539 e. The third-order valence-corrected chi connectivity index (χ3v) is 12.2. The molecular weight excluding hydrogens is 472 g/mol. The molecule has 10 heteroatoms. The molecule has 3 aromatic rings. The van der Waals surface area contributed by atoms with E-state index in [2.05, 4.69) is 0 Å². The predicted molar refractivity (Wildman–Crippen MR) is 112 cm³/mol. The van der Waals surface area contributed by atoms with E-state index in [-0.39, 0.29) is 16.6 Å². The van der Waals surface area contributed by atoms with Crippen LogP contribution >= 0.6 is 0 Å². The van der Waals surface area contributed by atoms with Gasteiger partial charge in [-0.05, 0) is 16.6 Å². The van der Waals surface area contributed by atoms with E-state index in [1.165, 1.54) is 6.07 Å². The highest BCUT2D eigenvalue weighted by Gasteiger charge is 2.48. The van der Waals surface area contributed by atoms with Crippen molar-refractivity contribution in [3.05, 3.63) is 52.6 Å². The Hall–Kier alpha value is -2.36. The fraction of sp³-hybridized carbons (Fsp3) is 0.391. The summed E-state index contributed by atoms with van der Waals surface area (Å²) in [5.41, 5.74) is -0.674. The quantitative estimate of drug-likeness (QED) is 0.114. The first-order valence-electron chi connectivity index (χ1n) is 10.3. The Labute approximate surface area is 186 Å². The lowest BCUT2D eigenvalue weighted by Gasteiger charge is -2.42. The molecule has 0 bridgehead atoms. The summed E-state index contributed by atoms with van der Waals surface area (Å²) in [6, 6.07) is 1.43. The van der Waals surface area contributed by atoms with Crippen LogP contribution in [0.4, 0.5) is 35.1 Å². The number of benzene rings is 3. The molecule has 0 N–H and O–H groups in total. The van der Waals surface area contributed by atoms with Crippen LogP contribution < -0.4 is 4.43 Å². The van der Waals surface area contributed by atoms with Crippen LogP contribution in [0.25, 0.3) is 21.5 Å². The first kappa shape index (κ1) is 25.3. The second-order valence-electron chi connectivity index (χ2n) is 8.89. The minimum absolute atomic E-state index is 0.225. The summed E-state index contributed by atoms with van der Waals surface area (Å²) in [6.07, 6.45) is 0. The topological polar surface area (TPSA) is 9.23 Å². The number of fused-ring (bicyclic) bond motifs is 2. The van der Waals surface area contributed by atoms with Gasteiger partial charge in [-0.3, -0.25) is 0 Å². The Balaban J connectivity index is 2.51. The van der Waals surface area contributed by atoms with E-state index >= 15 is 13.2 Å². The van der Waals surface area contributed by atoms with Gasteiger partial charge < -0.3 is 4.43 Å². The van der Waals surface area contributed by atoms with Crippen molar-refractivity contribution < 1.29 is 39.5 Å². The van der Waals surface area contributed by atoms with Crippen molar-refractivity contribution in [1.82, 2.24) is 0 Å². The lowest BCUT2D eigenvalue weighted by Crippen LogP contribution is -2.51. The summed E-state index contributed by atoms with van der Waals surface area (Å²) in [5, 5.41) is -5.78. The van der Waals surface area contributed by atoms with Gasteiger partial charge in [0.15, 0.2) is 34.8 Å². The SMILES string of the molecule is CC(C)[Si](Oc1c(F)c(F)c2c(F)c3[c]c(F)c(F)c(F)c3c(F)c2c1F)(C(C)C)C(C)C. The molecule has 3 rings (SSSR count). The Kier molecular flexibility index (Phi) is 6.47. The monoisotopic (exact) mass is 493 g/mol. The molecule has 0 aliphatic rings. The lowest BCUT2D eigenvalue weighted by atomic mass is 9.99. The van der Waals surface area contributed by atoms with E-state index in [9.17, 15) is 22.0 Å². The summed E-state index contributed by atoms with van der Waals surface area (Å²) in [4.78, 5) is 0. The molecule has 0 fully saturated rings. The molecule has 0 spiro atoms. The van der Waals surface area contributed by atoms with Crippen molar-refractivity contribution >= 4 is 29.9 Å². The molecule has 1 radical (unpaired) electrons. The van der Waals surface area contributed by atoms with Gasteiger partial charge in [-0.15, -0.1) is 0 Å². The van der Waals surface area contributed by atoms with Crippen LogP contribution in [0.1, 0.15) is 41.5 Å². The van der Waals surface area contributed by atoms with Crippen LogP contribution in [0.2, 0.25) is 16.6 Å². The second-order valence-corrected chi connectivity index (χ2v) is 14.3. The highest BCUT2D eigenvalue weighted by molar-refractivity contribution is 6.78. The number of hydrogen-bond donors (Lipinski definition) is 0. The fourth-order valence-electron chi connectivity index (χ4n) is 4.83. The molecule has 1 nitrogen and oxygen atoms in total. The maximum absolute atomic E-state index is 15.5.